The summed E-state index contributed by atoms with van der Waals surface area (Å²) in [4.78, 5) is 0. The molecule has 1 atom stereocenters. The van der Waals surface area contributed by atoms with E-state index in [2.05, 4.69) is 22.0 Å². The topological polar surface area (TPSA) is 20.2 Å². The fourth-order valence-corrected chi connectivity index (χ4v) is 2.69. The molecule has 0 spiro atoms. The van der Waals surface area contributed by atoms with Crippen LogP contribution in [-0.2, 0) is 0 Å². The Balaban J connectivity index is 1.96. The molecule has 0 saturated heterocycles. The Labute approximate surface area is 120 Å². The van der Waals surface area contributed by atoms with Crippen molar-refractivity contribution < 1.29 is 9.50 Å². The maximum absolute atomic E-state index is 14.0. The van der Waals surface area contributed by atoms with Gasteiger partial charge in [-0.05, 0) is 51.9 Å². The molecule has 0 amide bonds. The van der Waals surface area contributed by atoms with Gasteiger partial charge in [-0.3, -0.25) is 0 Å². The molecule has 0 aliphatic heterocycles. The highest BCUT2D eigenvalue weighted by Crippen LogP contribution is 2.41. The fourth-order valence-electron chi connectivity index (χ4n) is 2.31. The maximum atomic E-state index is 14.0. The summed E-state index contributed by atoms with van der Waals surface area (Å²) in [6, 6.07) is 12.8. The SMILES string of the molecule is OC(c1cccc(C2CC2)c1)c1cccc(Br)c1F. The first kappa shape index (κ1) is 12.8. The molecule has 0 bridgehead atoms. The Morgan fingerprint density at radius 1 is 1.16 bits per heavy atom. The van der Waals surface area contributed by atoms with Crippen molar-refractivity contribution in [2.45, 2.75) is 24.9 Å². The van der Waals surface area contributed by atoms with Gasteiger partial charge in [0.15, 0.2) is 0 Å². The number of benzene rings is 2. The molecule has 1 fully saturated rings. The second-order valence-corrected chi connectivity index (χ2v) is 5.84. The Morgan fingerprint density at radius 3 is 2.63 bits per heavy atom. The molecule has 2 aromatic carbocycles. The molecular formula is C16H14BrFO. The first-order chi connectivity index (χ1) is 9.16. The van der Waals surface area contributed by atoms with Gasteiger partial charge in [-0.2, -0.15) is 0 Å². The third-order valence-electron chi connectivity index (χ3n) is 3.55. The van der Waals surface area contributed by atoms with Crippen molar-refractivity contribution >= 4 is 15.9 Å². The van der Waals surface area contributed by atoms with Gasteiger partial charge in [0, 0.05) is 5.56 Å². The quantitative estimate of drug-likeness (QED) is 0.879. The van der Waals surface area contributed by atoms with E-state index >= 15 is 0 Å². The van der Waals surface area contributed by atoms with E-state index in [-0.39, 0.29) is 0 Å². The monoisotopic (exact) mass is 320 g/mol. The van der Waals surface area contributed by atoms with Crippen LogP contribution in [0.4, 0.5) is 4.39 Å². The summed E-state index contributed by atoms with van der Waals surface area (Å²) in [7, 11) is 0. The Hall–Kier alpha value is -1.19. The van der Waals surface area contributed by atoms with Gasteiger partial charge in [0.25, 0.3) is 0 Å². The van der Waals surface area contributed by atoms with Gasteiger partial charge >= 0.3 is 0 Å². The van der Waals surface area contributed by atoms with Gasteiger partial charge in [0.2, 0.25) is 0 Å². The summed E-state index contributed by atoms with van der Waals surface area (Å²) in [6.07, 6.45) is 1.51. The molecule has 1 aliphatic rings. The molecule has 1 aliphatic carbocycles. The highest BCUT2D eigenvalue weighted by atomic mass is 79.9. The second-order valence-electron chi connectivity index (χ2n) is 4.99. The minimum Gasteiger partial charge on any atom is -0.384 e. The Bertz CT molecular complexity index is 607. The zero-order valence-electron chi connectivity index (χ0n) is 10.3. The van der Waals surface area contributed by atoms with E-state index in [9.17, 15) is 9.50 Å². The summed E-state index contributed by atoms with van der Waals surface area (Å²) in [5.41, 5.74) is 2.30. The van der Waals surface area contributed by atoms with Gasteiger partial charge in [0.1, 0.15) is 11.9 Å². The minimum absolute atomic E-state index is 0.308. The highest BCUT2D eigenvalue weighted by molar-refractivity contribution is 9.10. The molecule has 3 rings (SSSR count). The molecule has 98 valence electrons. The lowest BCUT2D eigenvalue weighted by molar-refractivity contribution is 0.214. The van der Waals surface area contributed by atoms with Crippen LogP contribution in [0.25, 0.3) is 0 Å². The van der Waals surface area contributed by atoms with Crippen LogP contribution in [0.5, 0.6) is 0 Å². The summed E-state index contributed by atoms with van der Waals surface area (Å²) in [5, 5.41) is 10.4. The van der Waals surface area contributed by atoms with E-state index in [1.807, 2.05) is 18.2 Å². The molecule has 0 heterocycles. The van der Waals surface area contributed by atoms with E-state index in [1.165, 1.54) is 18.4 Å². The zero-order chi connectivity index (χ0) is 13.4. The standard InChI is InChI=1S/C16H14BrFO/c17-14-6-2-5-13(15(14)18)16(19)12-4-1-3-11(9-12)10-7-8-10/h1-6,9-10,16,19H,7-8H2. The van der Waals surface area contributed by atoms with E-state index in [1.54, 1.807) is 18.2 Å². The number of hydrogen-bond acceptors (Lipinski definition) is 1. The van der Waals surface area contributed by atoms with Crippen molar-refractivity contribution in [1.29, 1.82) is 0 Å². The molecule has 1 saturated carbocycles. The largest absolute Gasteiger partial charge is 0.384 e. The third-order valence-corrected chi connectivity index (χ3v) is 4.16. The van der Waals surface area contributed by atoms with Gasteiger partial charge in [-0.25, -0.2) is 4.39 Å². The molecular weight excluding hydrogens is 307 g/mol. The predicted molar refractivity (Wildman–Crippen MR) is 76.6 cm³/mol. The molecule has 0 radical (unpaired) electrons. The summed E-state index contributed by atoms with van der Waals surface area (Å²) in [5.74, 6) is 0.228. The Morgan fingerprint density at radius 2 is 1.89 bits per heavy atom. The molecule has 2 aromatic rings. The molecule has 3 heteroatoms. The Kier molecular flexibility index (Phi) is 3.42. The lowest BCUT2D eigenvalue weighted by Gasteiger charge is -2.14. The number of halogens is 2. The van der Waals surface area contributed by atoms with Crippen molar-refractivity contribution in [2.75, 3.05) is 0 Å². The molecule has 0 aromatic heterocycles. The van der Waals surface area contributed by atoms with Crippen LogP contribution in [0, 0.1) is 5.82 Å². The lowest BCUT2D eigenvalue weighted by Crippen LogP contribution is -2.03. The normalized spacial score (nSPS) is 16.4. The van der Waals surface area contributed by atoms with Crippen LogP contribution in [0.1, 0.15) is 41.6 Å². The number of aliphatic hydroxyl groups excluding tert-OH is 1. The van der Waals surface area contributed by atoms with Crippen molar-refractivity contribution in [2.24, 2.45) is 0 Å². The second kappa shape index (κ2) is 5.06. The van der Waals surface area contributed by atoms with Crippen molar-refractivity contribution in [3.63, 3.8) is 0 Å². The highest BCUT2D eigenvalue weighted by Gasteiger charge is 2.24. The molecule has 1 nitrogen and oxygen atoms in total. The minimum atomic E-state index is -0.920. The molecule has 1 N–H and O–H groups in total. The lowest BCUT2D eigenvalue weighted by atomic mass is 9.98. The van der Waals surface area contributed by atoms with Crippen molar-refractivity contribution in [1.82, 2.24) is 0 Å². The van der Waals surface area contributed by atoms with Crippen LogP contribution in [0.3, 0.4) is 0 Å². The average Bonchev–Trinajstić information content (AvgIpc) is 3.26. The summed E-state index contributed by atoms with van der Waals surface area (Å²) in [6.45, 7) is 0. The van der Waals surface area contributed by atoms with Gasteiger partial charge in [0.05, 0.1) is 4.47 Å². The summed E-state index contributed by atoms with van der Waals surface area (Å²) < 4.78 is 14.4. The van der Waals surface area contributed by atoms with Gasteiger partial charge in [-0.15, -0.1) is 0 Å². The van der Waals surface area contributed by atoms with Crippen LogP contribution >= 0.6 is 15.9 Å². The predicted octanol–water partition coefficient (Wildman–Crippen LogP) is 4.55. The zero-order valence-corrected chi connectivity index (χ0v) is 11.9. The maximum Gasteiger partial charge on any atom is 0.143 e. The van der Waals surface area contributed by atoms with E-state index in [0.717, 1.165) is 5.56 Å². The van der Waals surface area contributed by atoms with Crippen LogP contribution in [0.2, 0.25) is 0 Å². The first-order valence-electron chi connectivity index (χ1n) is 6.38. The fraction of sp³-hybridized carbons (Fsp3) is 0.250. The smallest absolute Gasteiger partial charge is 0.143 e. The summed E-state index contributed by atoms with van der Waals surface area (Å²) >= 11 is 3.15. The van der Waals surface area contributed by atoms with E-state index in [4.69, 9.17) is 0 Å². The number of aliphatic hydroxyl groups is 1. The number of rotatable bonds is 3. The van der Waals surface area contributed by atoms with Crippen molar-refractivity contribution in [3.05, 3.63) is 69.4 Å². The third kappa shape index (κ3) is 2.58. The van der Waals surface area contributed by atoms with E-state index in [0.29, 0.717) is 16.0 Å². The van der Waals surface area contributed by atoms with Gasteiger partial charge < -0.3 is 5.11 Å². The first-order valence-corrected chi connectivity index (χ1v) is 7.18. The average molecular weight is 321 g/mol. The van der Waals surface area contributed by atoms with Crippen LogP contribution in [0.15, 0.2) is 46.9 Å². The van der Waals surface area contributed by atoms with Gasteiger partial charge in [-0.1, -0.05) is 36.4 Å². The molecule has 1 unspecified atom stereocenters. The van der Waals surface area contributed by atoms with Crippen molar-refractivity contribution in [3.8, 4) is 0 Å². The van der Waals surface area contributed by atoms with E-state index < -0.39 is 11.9 Å². The molecule has 19 heavy (non-hydrogen) atoms. The number of hydrogen-bond donors (Lipinski definition) is 1. The van der Waals surface area contributed by atoms with Crippen LogP contribution in [-0.4, -0.2) is 5.11 Å². The van der Waals surface area contributed by atoms with Crippen LogP contribution < -0.4 is 0 Å².